The van der Waals surface area contributed by atoms with Gasteiger partial charge in [0.05, 0.1) is 7.11 Å². The van der Waals surface area contributed by atoms with Crippen LogP contribution < -0.4 is 10.1 Å². The summed E-state index contributed by atoms with van der Waals surface area (Å²) in [6.07, 6.45) is 3.47. The molecule has 0 aromatic heterocycles. The Bertz CT molecular complexity index is 426. The maximum Gasteiger partial charge on any atom is 0.330 e. The summed E-state index contributed by atoms with van der Waals surface area (Å²) in [5, 5.41) is 11.8. The number of methoxy groups -OCH3 is 1. The van der Waals surface area contributed by atoms with Crippen LogP contribution >= 0.6 is 0 Å². The number of hydrogen-bond acceptors (Lipinski definition) is 3. The van der Waals surface area contributed by atoms with Gasteiger partial charge in [-0.05, 0) is 35.5 Å². The Balaban J connectivity index is 2.46. The maximum absolute atomic E-state index is 10.9. The van der Waals surface area contributed by atoms with Gasteiger partial charge in [-0.3, -0.25) is 0 Å². The quantitative estimate of drug-likeness (QED) is 0.766. The highest BCUT2D eigenvalue weighted by Crippen LogP contribution is 2.27. The van der Waals surface area contributed by atoms with Crippen LogP contribution in [0.15, 0.2) is 24.4 Å². The van der Waals surface area contributed by atoms with Crippen molar-refractivity contribution in [1.29, 1.82) is 0 Å². The molecule has 1 unspecified atom stereocenters. The molecule has 1 heterocycles. The standard InChI is InChI=1S/C11H11NO3/c1-15-8-2-3-9-7(6-8)4-5-12-10(9)11(13)14/h2-6,10,12H,1H3,(H,13,14). The number of hydrogen-bond donors (Lipinski definition) is 2. The van der Waals surface area contributed by atoms with E-state index in [9.17, 15) is 4.79 Å². The second-order valence-electron chi connectivity index (χ2n) is 3.27. The van der Waals surface area contributed by atoms with Gasteiger partial charge in [-0.1, -0.05) is 6.07 Å². The van der Waals surface area contributed by atoms with Gasteiger partial charge in [0.2, 0.25) is 0 Å². The fourth-order valence-corrected chi connectivity index (χ4v) is 1.62. The van der Waals surface area contributed by atoms with Crippen molar-refractivity contribution in [2.75, 3.05) is 7.11 Å². The maximum atomic E-state index is 10.9. The lowest BCUT2D eigenvalue weighted by molar-refractivity contribution is -0.139. The number of rotatable bonds is 2. The molecule has 4 heteroatoms. The summed E-state index contributed by atoms with van der Waals surface area (Å²) in [7, 11) is 1.58. The molecule has 15 heavy (non-hydrogen) atoms. The van der Waals surface area contributed by atoms with Gasteiger partial charge in [-0.2, -0.15) is 0 Å². The second-order valence-corrected chi connectivity index (χ2v) is 3.27. The Kier molecular flexibility index (Phi) is 2.33. The van der Waals surface area contributed by atoms with Crippen LogP contribution in [0.3, 0.4) is 0 Å². The van der Waals surface area contributed by atoms with Gasteiger partial charge >= 0.3 is 5.97 Å². The number of carboxylic acid groups (broad SMARTS) is 1. The number of carbonyl (C=O) groups is 1. The molecule has 0 saturated heterocycles. The fraction of sp³-hybridized carbons (Fsp3) is 0.182. The minimum Gasteiger partial charge on any atom is -0.497 e. The molecule has 4 nitrogen and oxygen atoms in total. The predicted octanol–water partition coefficient (Wildman–Crippen LogP) is 1.39. The number of ether oxygens (including phenoxy) is 1. The molecule has 0 aliphatic carbocycles. The van der Waals surface area contributed by atoms with E-state index in [1.807, 2.05) is 12.1 Å². The van der Waals surface area contributed by atoms with Crippen LogP contribution in [0.5, 0.6) is 5.75 Å². The summed E-state index contributed by atoms with van der Waals surface area (Å²) in [5.74, 6) is -0.157. The predicted molar refractivity (Wildman–Crippen MR) is 55.5 cm³/mol. The Morgan fingerprint density at radius 2 is 2.33 bits per heavy atom. The van der Waals surface area contributed by atoms with Crippen molar-refractivity contribution in [1.82, 2.24) is 5.32 Å². The van der Waals surface area contributed by atoms with Crippen molar-refractivity contribution in [2.45, 2.75) is 6.04 Å². The minimum absolute atomic E-state index is 0.670. The molecule has 1 atom stereocenters. The lowest BCUT2D eigenvalue weighted by atomic mass is 9.97. The molecular formula is C11H11NO3. The lowest BCUT2D eigenvalue weighted by Gasteiger charge is -2.20. The van der Waals surface area contributed by atoms with Gasteiger partial charge in [0.25, 0.3) is 0 Å². The number of benzene rings is 1. The van der Waals surface area contributed by atoms with Gasteiger partial charge in [0, 0.05) is 0 Å². The molecule has 2 rings (SSSR count). The smallest absolute Gasteiger partial charge is 0.330 e. The first-order valence-corrected chi connectivity index (χ1v) is 4.55. The van der Waals surface area contributed by atoms with Crippen LogP contribution in [0.25, 0.3) is 6.08 Å². The zero-order valence-corrected chi connectivity index (χ0v) is 8.23. The van der Waals surface area contributed by atoms with Crippen LogP contribution in [0.4, 0.5) is 0 Å². The van der Waals surface area contributed by atoms with E-state index < -0.39 is 12.0 Å². The third-order valence-electron chi connectivity index (χ3n) is 2.38. The number of aliphatic carboxylic acids is 1. The molecule has 1 aromatic carbocycles. The van der Waals surface area contributed by atoms with E-state index in [4.69, 9.17) is 9.84 Å². The second kappa shape index (κ2) is 3.65. The van der Waals surface area contributed by atoms with Gasteiger partial charge in [-0.25, -0.2) is 4.79 Å². The van der Waals surface area contributed by atoms with Gasteiger partial charge in [-0.15, -0.1) is 0 Å². The van der Waals surface area contributed by atoms with Crippen molar-refractivity contribution in [3.63, 3.8) is 0 Å². The van der Waals surface area contributed by atoms with E-state index in [2.05, 4.69) is 5.32 Å². The van der Waals surface area contributed by atoms with Crippen molar-refractivity contribution in [3.8, 4) is 5.75 Å². The molecule has 0 amide bonds. The van der Waals surface area contributed by atoms with Crippen LogP contribution in [0.1, 0.15) is 17.2 Å². The first kappa shape index (κ1) is 9.58. The molecule has 1 aliphatic heterocycles. The monoisotopic (exact) mass is 205 g/mol. The Morgan fingerprint density at radius 1 is 1.53 bits per heavy atom. The molecule has 78 valence electrons. The number of fused-ring (bicyclic) bond motifs is 1. The Labute approximate surface area is 87.2 Å². The van der Waals surface area contributed by atoms with Crippen LogP contribution in [0, 0.1) is 0 Å². The van der Waals surface area contributed by atoms with E-state index in [0.717, 1.165) is 16.9 Å². The largest absolute Gasteiger partial charge is 0.497 e. The normalized spacial score (nSPS) is 17.8. The third kappa shape index (κ3) is 1.66. The summed E-state index contributed by atoms with van der Waals surface area (Å²) >= 11 is 0. The topological polar surface area (TPSA) is 58.6 Å². The molecule has 1 aliphatic rings. The van der Waals surface area contributed by atoms with Gasteiger partial charge in [0.1, 0.15) is 5.75 Å². The Hall–Kier alpha value is -1.97. The van der Waals surface area contributed by atoms with E-state index in [-0.39, 0.29) is 0 Å². The lowest BCUT2D eigenvalue weighted by Crippen LogP contribution is -2.27. The molecule has 0 spiro atoms. The number of carboxylic acids is 1. The third-order valence-corrected chi connectivity index (χ3v) is 2.38. The van der Waals surface area contributed by atoms with E-state index in [1.165, 1.54) is 0 Å². The summed E-state index contributed by atoms with van der Waals surface area (Å²) in [6, 6.07) is 4.68. The van der Waals surface area contributed by atoms with Crippen molar-refractivity contribution < 1.29 is 14.6 Å². The average molecular weight is 205 g/mol. The molecule has 0 radical (unpaired) electrons. The summed E-state index contributed by atoms with van der Waals surface area (Å²) in [6.45, 7) is 0. The van der Waals surface area contributed by atoms with E-state index >= 15 is 0 Å². The first-order chi connectivity index (χ1) is 7.22. The Morgan fingerprint density at radius 3 is 3.00 bits per heavy atom. The summed E-state index contributed by atoms with van der Waals surface area (Å²) in [4.78, 5) is 10.9. The zero-order chi connectivity index (χ0) is 10.8. The summed E-state index contributed by atoms with van der Waals surface area (Å²) in [5.41, 5.74) is 1.63. The van der Waals surface area contributed by atoms with Crippen molar-refractivity contribution in [3.05, 3.63) is 35.5 Å². The minimum atomic E-state index is -0.884. The van der Waals surface area contributed by atoms with Crippen LogP contribution in [-0.4, -0.2) is 18.2 Å². The SMILES string of the molecule is COc1ccc2c(c1)C=CNC2C(=O)O. The van der Waals surface area contributed by atoms with Gasteiger partial charge in [0.15, 0.2) is 6.04 Å². The number of nitrogens with one attached hydrogen (secondary N) is 1. The molecule has 2 N–H and O–H groups in total. The van der Waals surface area contributed by atoms with Crippen molar-refractivity contribution in [2.24, 2.45) is 0 Å². The fourth-order valence-electron chi connectivity index (χ4n) is 1.62. The average Bonchev–Trinajstić information content (AvgIpc) is 2.27. The highest BCUT2D eigenvalue weighted by atomic mass is 16.5. The van der Waals surface area contributed by atoms with E-state index in [1.54, 1.807) is 25.4 Å². The zero-order valence-electron chi connectivity index (χ0n) is 8.23. The van der Waals surface area contributed by atoms with E-state index in [0.29, 0.717) is 0 Å². The highest BCUT2D eigenvalue weighted by molar-refractivity contribution is 5.79. The summed E-state index contributed by atoms with van der Waals surface area (Å²) < 4.78 is 5.07. The van der Waals surface area contributed by atoms with Crippen molar-refractivity contribution >= 4 is 12.0 Å². The highest BCUT2D eigenvalue weighted by Gasteiger charge is 2.23. The van der Waals surface area contributed by atoms with Crippen LogP contribution in [0.2, 0.25) is 0 Å². The molecule has 0 saturated carbocycles. The van der Waals surface area contributed by atoms with Crippen LogP contribution in [-0.2, 0) is 4.79 Å². The van der Waals surface area contributed by atoms with Gasteiger partial charge < -0.3 is 15.2 Å². The first-order valence-electron chi connectivity index (χ1n) is 4.55. The molecule has 0 fully saturated rings. The molecule has 0 bridgehead atoms. The molecule has 1 aromatic rings. The molecular weight excluding hydrogens is 194 g/mol.